The van der Waals surface area contributed by atoms with E-state index in [2.05, 4.69) is 24.3 Å². The average molecular weight is 413 g/mol. The Morgan fingerprint density at radius 1 is 0.833 bits per heavy atom. The molecule has 5 heteroatoms. The van der Waals surface area contributed by atoms with E-state index in [-0.39, 0.29) is 11.5 Å². The molecule has 2 nitrogen and oxygen atoms in total. The molecule has 0 amide bonds. The highest BCUT2D eigenvalue weighted by atomic mass is 19.4. The summed E-state index contributed by atoms with van der Waals surface area (Å²) in [6.45, 7) is 1.90. The van der Waals surface area contributed by atoms with Crippen LogP contribution in [-0.4, -0.2) is 11.1 Å². The van der Waals surface area contributed by atoms with Crippen LogP contribution in [0.25, 0.3) is 0 Å². The van der Waals surface area contributed by atoms with Crippen molar-refractivity contribution in [1.82, 2.24) is 0 Å². The molecule has 3 N–H and O–H groups in total. The van der Waals surface area contributed by atoms with E-state index in [4.69, 9.17) is 5.73 Å². The highest BCUT2D eigenvalue weighted by Crippen LogP contribution is 2.32. The van der Waals surface area contributed by atoms with Gasteiger partial charge in [-0.3, -0.25) is 0 Å². The minimum Gasteiger partial charge on any atom is -0.387 e. The molecule has 0 fully saturated rings. The monoisotopic (exact) mass is 413 g/mol. The topological polar surface area (TPSA) is 46.2 Å². The third kappa shape index (κ3) is 5.71. The molecule has 0 aromatic heterocycles. The van der Waals surface area contributed by atoms with Gasteiger partial charge in [-0.15, -0.1) is 0 Å². The fraction of sp³-hybridized carbons (Fsp3) is 0.280. The van der Waals surface area contributed by atoms with Crippen molar-refractivity contribution in [2.24, 2.45) is 11.7 Å². The van der Waals surface area contributed by atoms with Gasteiger partial charge in [0, 0.05) is 6.04 Å². The molecule has 0 radical (unpaired) electrons. The number of aliphatic hydroxyl groups excluding tert-OH is 1. The summed E-state index contributed by atoms with van der Waals surface area (Å²) < 4.78 is 38.8. The molecular weight excluding hydrogens is 387 g/mol. The van der Waals surface area contributed by atoms with Crippen LogP contribution >= 0.6 is 0 Å². The SMILES string of the molecule is CC(Cc1ccc(Cc2ccccc2)cc1)[C@@H](N)[C@H](O)c1cccc(C(F)(F)F)c1. The first-order valence-electron chi connectivity index (χ1n) is 9.96. The molecule has 0 heterocycles. The van der Waals surface area contributed by atoms with E-state index in [9.17, 15) is 18.3 Å². The van der Waals surface area contributed by atoms with E-state index in [1.807, 2.05) is 37.3 Å². The van der Waals surface area contributed by atoms with Gasteiger partial charge in [0.05, 0.1) is 11.7 Å². The van der Waals surface area contributed by atoms with Gasteiger partial charge in [-0.1, -0.05) is 73.7 Å². The number of benzene rings is 3. The van der Waals surface area contributed by atoms with Gasteiger partial charge in [0.15, 0.2) is 0 Å². The quantitative estimate of drug-likeness (QED) is 0.535. The smallest absolute Gasteiger partial charge is 0.387 e. The van der Waals surface area contributed by atoms with Gasteiger partial charge in [-0.2, -0.15) is 13.2 Å². The molecule has 3 rings (SSSR count). The number of aliphatic hydroxyl groups is 1. The number of rotatable bonds is 7. The second kappa shape index (κ2) is 9.45. The van der Waals surface area contributed by atoms with Crippen LogP contribution in [0.4, 0.5) is 13.2 Å². The van der Waals surface area contributed by atoms with Gasteiger partial charge in [-0.05, 0) is 53.1 Å². The van der Waals surface area contributed by atoms with Crippen LogP contribution in [0.1, 0.15) is 40.8 Å². The van der Waals surface area contributed by atoms with E-state index in [1.165, 1.54) is 23.3 Å². The minimum absolute atomic E-state index is 0.116. The lowest BCUT2D eigenvalue weighted by atomic mass is 9.87. The molecule has 158 valence electrons. The van der Waals surface area contributed by atoms with Crippen molar-refractivity contribution >= 4 is 0 Å². The van der Waals surface area contributed by atoms with Crippen molar-refractivity contribution in [1.29, 1.82) is 0 Å². The lowest BCUT2D eigenvalue weighted by Gasteiger charge is -2.26. The lowest BCUT2D eigenvalue weighted by Crippen LogP contribution is -2.36. The highest BCUT2D eigenvalue weighted by Gasteiger charge is 2.32. The molecule has 0 aliphatic rings. The number of hydrogen-bond acceptors (Lipinski definition) is 2. The van der Waals surface area contributed by atoms with Crippen LogP contribution in [0, 0.1) is 5.92 Å². The van der Waals surface area contributed by atoms with Crippen molar-refractivity contribution in [3.8, 4) is 0 Å². The standard InChI is InChI=1S/C25H26F3NO/c1-17(23(29)24(30)21-8-5-9-22(16-21)25(26,27)28)14-19-10-12-20(13-11-19)15-18-6-3-2-4-7-18/h2-13,16-17,23-24,30H,14-15,29H2,1H3/t17?,23-,24-/m1/s1. The van der Waals surface area contributed by atoms with Crippen LogP contribution < -0.4 is 5.73 Å². The Balaban J connectivity index is 1.63. The summed E-state index contributed by atoms with van der Waals surface area (Å²) in [5.41, 5.74) is 9.11. The molecule has 0 aliphatic heterocycles. The van der Waals surface area contributed by atoms with Crippen LogP contribution in [0.3, 0.4) is 0 Å². The third-order valence-electron chi connectivity index (χ3n) is 5.41. The summed E-state index contributed by atoms with van der Waals surface area (Å²) in [6.07, 6.45) is -4.14. The summed E-state index contributed by atoms with van der Waals surface area (Å²) >= 11 is 0. The Kier molecular flexibility index (Phi) is 6.95. The van der Waals surface area contributed by atoms with Gasteiger partial charge >= 0.3 is 6.18 Å². The van der Waals surface area contributed by atoms with E-state index in [0.717, 1.165) is 24.1 Å². The first kappa shape index (κ1) is 22.1. The van der Waals surface area contributed by atoms with Gasteiger partial charge < -0.3 is 10.8 Å². The van der Waals surface area contributed by atoms with Crippen molar-refractivity contribution in [3.05, 3.63) is 107 Å². The maximum Gasteiger partial charge on any atom is 0.416 e. The zero-order chi connectivity index (χ0) is 21.7. The van der Waals surface area contributed by atoms with Crippen LogP contribution in [-0.2, 0) is 19.0 Å². The summed E-state index contributed by atoms with van der Waals surface area (Å²) in [4.78, 5) is 0. The second-order valence-electron chi connectivity index (χ2n) is 7.81. The average Bonchev–Trinajstić information content (AvgIpc) is 2.74. The molecule has 0 saturated carbocycles. The van der Waals surface area contributed by atoms with Crippen molar-refractivity contribution in [3.63, 3.8) is 0 Å². The molecule has 0 aliphatic carbocycles. The minimum atomic E-state index is -4.45. The van der Waals surface area contributed by atoms with Gasteiger partial charge in [0.25, 0.3) is 0 Å². The molecular formula is C25H26F3NO. The maximum atomic E-state index is 12.9. The number of alkyl halides is 3. The summed E-state index contributed by atoms with van der Waals surface area (Å²) in [7, 11) is 0. The molecule has 0 bridgehead atoms. The normalized spacial score (nSPS) is 14.9. The first-order valence-corrected chi connectivity index (χ1v) is 9.96. The van der Waals surface area contributed by atoms with E-state index >= 15 is 0 Å². The van der Waals surface area contributed by atoms with Crippen molar-refractivity contribution in [2.75, 3.05) is 0 Å². The lowest BCUT2D eigenvalue weighted by molar-refractivity contribution is -0.137. The van der Waals surface area contributed by atoms with Gasteiger partial charge in [-0.25, -0.2) is 0 Å². The Morgan fingerprint density at radius 3 is 2.07 bits per heavy atom. The van der Waals surface area contributed by atoms with Crippen molar-refractivity contribution in [2.45, 2.75) is 38.1 Å². The van der Waals surface area contributed by atoms with Crippen molar-refractivity contribution < 1.29 is 18.3 Å². The van der Waals surface area contributed by atoms with E-state index in [0.29, 0.717) is 6.42 Å². The van der Waals surface area contributed by atoms with Gasteiger partial charge in [0.2, 0.25) is 0 Å². The number of halogens is 3. The Labute approximate surface area is 175 Å². The maximum absolute atomic E-state index is 12.9. The molecule has 30 heavy (non-hydrogen) atoms. The predicted molar refractivity (Wildman–Crippen MR) is 113 cm³/mol. The summed E-state index contributed by atoms with van der Waals surface area (Å²) in [5, 5.41) is 10.5. The zero-order valence-electron chi connectivity index (χ0n) is 16.8. The highest BCUT2D eigenvalue weighted by molar-refractivity contribution is 5.30. The molecule has 0 saturated heterocycles. The second-order valence-corrected chi connectivity index (χ2v) is 7.81. The van der Waals surface area contributed by atoms with Gasteiger partial charge in [0.1, 0.15) is 0 Å². The third-order valence-corrected chi connectivity index (χ3v) is 5.41. The van der Waals surface area contributed by atoms with E-state index in [1.54, 1.807) is 0 Å². The largest absolute Gasteiger partial charge is 0.416 e. The molecule has 0 spiro atoms. The zero-order valence-corrected chi connectivity index (χ0v) is 16.8. The Morgan fingerprint density at radius 2 is 1.43 bits per heavy atom. The fourth-order valence-electron chi connectivity index (χ4n) is 3.57. The molecule has 3 aromatic rings. The van der Waals surface area contributed by atoms with Crippen LogP contribution in [0.2, 0.25) is 0 Å². The molecule has 3 atom stereocenters. The summed E-state index contributed by atoms with van der Waals surface area (Å²) in [6, 6.07) is 22.5. The molecule has 1 unspecified atom stereocenters. The van der Waals surface area contributed by atoms with E-state index < -0.39 is 23.9 Å². The fourth-order valence-corrected chi connectivity index (χ4v) is 3.57. The molecule has 3 aromatic carbocycles. The Hall–Kier alpha value is -2.63. The first-order chi connectivity index (χ1) is 14.2. The summed E-state index contributed by atoms with van der Waals surface area (Å²) in [5.74, 6) is -0.116. The predicted octanol–water partition coefficient (Wildman–Crippen LogP) is 5.54. The van der Waals surface area contributed by atoms with Crippen LogP contribution in [0.15, 0.2) is 78.9 Å². The Bertz CT molecular complexity index is 939. The van der Waals surface area contributed by atoms with Crippen LogP contribution in [0.5, 0.6) is 0 Å². The number of nitrogens with two attached hydrogens (primary N) is 1. The number of hydrogen-bond donors (Lipinski definition) is 2.